The molecular weight excluding hydrogens is 252 g/mol. The molecule has 0 fully saturated rings. The molecule has 0 unspecified atom stereocenters. The molecule has 0 spiro atoms. The molecule has 98 valence electrons. The van der Waals surface area contributed by atoms with E-state index in [9.17, 15) is 4.79 Å². The van der Waals surface area contributed by atoms with Crippen LogP contribution < -0.4 is 0 Å². The van der Waals surface area contributed by atoms with Crippen LogP contribution in [0.25, 0.3) is 21.9 Å². The van der Waals surface area contributed by atoms with Crippen LogP contribution >= 0.6 is 0 Å². The van der Waals surface area contributed by atoms with Crippen LogP contribution in [0.15, 0.2) is 75.8 Å². The summed E-state index contributed by atoms with van der Waals surface area (Å²) in [5.74, 6) is 0.381. The van der Waals surface area contributed by atoms with Crippen molar-refractivity contribution in [1.29, 1.82) is 0 Å². The molecule has 2 heterocycles. The molecule has 0 N–H and O–H groups in total. The summed E-state index contributed by atoms with van der Waals surface area (Å²) >= 11 is 0. The maximum absolute atomic E-state index is 10.3. The molecule has 4 rings (SSSR count). The van der Waals surface area contributed by atoms with Crippen LogP contribution in [0.4, 0.5) is 0 Å². The van der Waals surface area contributed by atoms with Gasteiger partial charge in [0.25, 0.3) is 0 Å². The van der Waals surface area contributed by atoms with E-state index in [4.69, 9.17) is 8.83 Å². The molecule has 0 aliphatic rings. The maximum Gasteiger partial charge on any atom is 0.185 e. The lowest BCUT2D eigenvalue weighted by Gasteiger charge is -1.81. The number of carbonyl (C=O) groups is 1. The van der Waals surface area contributed by atoms with Gasteiger partial charge in [0.2, 0.25) is 0 Å². The number of aldehydes is 1. The quantitative estimate of drug-likeness (QED) is 0.469. The van der Waals surface area contributed by atoms with Crippen LogP contribution in [-0.2, 0) is 0 Å². The number of hydrogen-bond acceptors (Lipinski definition) is 3. The molecule has 2 aromatic carbocycles. The highest BCUT2D eigenvalue weighted by Crippen LogP contribution is 2.16. The number of benzene rings is 2. The Labute approximate surface area is 115 Å². The van der Waals surface area contributed by atoms with Gasteiger partial charge in [-0.05, 0) is 24.3 Å². The number of hydrogen-bond donors (Lipinski definition) is 0. The molecule has 2 aromatic heterocycles. The zero-order chi connectivity index (χ0) is 13.8. The number of para-hydroxylation sites is 2. The fraction of sp³-hybridized carbons (Fsp3) is 0. The molecule has 0 bridgehead atoms. The van der Waals surface area contributed by atoms with Gasteiger partial charge in [-0.1, -0.05) is 36.4 Å². The second-order valence-electron chi connectivity index (χ2n) is 4.26. The van der Waals surface area contributed by atoms with Gasteiger partial charge in [-0.15, -0.1) is 0 Å². The molecule has 0 aliphatic carbocycles. The topological polar surface area (TPSA) is 43.4 Å². The summed E-state index contributed by atoms with van der Waals surface area (Å²) in [5, 5.41) is 2.13. The molecule has 0 saturated heterocycles. The predicted octanol–water partition coefficient (Wildman–Crippen LogP) is 4.68. The van der Waals surface area contributed by atoms with Crippen LogP contribution in [0.2, 0.25) is 0 Å². The van der Waals surface area contributed by atoms with Crippen LogP contribution in [0.3, 0.4) is 0 Å². The van der Waals surface area contributed by atoms with Crippen molar-refractivity contribution in [3.05, 3.63) is 72.7 Å². The normalized spacial score (nSPS) is 10.2. The molecule has 0 aliphatic heterocycles. The second-order valence-corrected chi connectivity index (χ2v) is 4.26. The van der Waals surface area contributed by atoms with Gasteiger partial charge < -0.3 is 8.83 Å². The van der Waals surface area contributed by atoms with Crippen molar-refractivity contribution >= 4 is 28.2 Å². The van der Waals surface area contributed by atoms with Crippen molar-refractivity contribution in [2.45, 2.75) is 0 Å². The highest BCUT2D eigenvalue weighted by molar-refractivity contribution is 5.84. The summed E-state index contributed by atoms with van der Waals surface area (Å²) in [5.41, 5.74) is 1.71. The lowest BCUT2D eigenvalue weighted by atomic mass is 10.2. The second kappa shape index (κ2) is 5.45. The zero-order valence-corrected chi connectivity index (χ0v) is 10.7. The van der Waals surface area contributed by atoms with Gasteiger partial charge >= 0.3 is 0 Å². The average Bonchev–Trinajstić information content (AvgIpc) is 3.13. The monoisotopic (exact) mass is 264 g/mol. The predicted molar refractivity (Wildman–Crippen MR) is 77.8 cm³/mol. The molecule has 3 nitrogen and oxygen atoms in total. The summed E-state index contributed by atoms with van der Waals surface area (Å²) in [6.45, 7) is 0. The Bertz CT molecular complexity index is 776. The SMILES string of the molecule is O=Cc1cc2ccccc2o1.c1ccc2occc2c1. The van der Waals surface area contributed by atoms with E-state index in [1.54, 1.807) is 12.3 Å². The first-order chi connectivity index (χ1) is 9.86. The summed E-state index contributed by atoms with van der Waals surface area (Å²) in [7, 11) is 0. The van der Waals surface area contributed by atoms with Gasteiger partial charge in [-0.25, -0.2) is 0 Å². The van der Waals surface area contributed by atoms with Gasteiger partial charge in [0.15, 0.2) is 12.0 Å². The van der Waals surface area contributed by atoms with Crippen molar-refractivity contribution in [2.75, 3.05) is 0 Å². The Hall–Kier alpha value is -2.81. The number of furan rings is 2. The fourth-order valence-corrected chi connectivity index (χ4v) is 1.97. The lowest BCUT2D eigenvalue weighted by molar-refractivity contribution is 0.110. The van der Waals surface area contributed by atoms with Crippen LogP contribution in [0.1, 0.15) is 10.6 Å². The summed E-state index contributed by atoms with van der Waals surface area (Å²) < 4.78 is 10.3. The van der Waals surface area contributed by atoms with E-state index in [0.29, 0.717) is 12.0 Å². The smallest absolute Gasteiger partial charge is 0.185 e. The van der Waals surface area contributed by atoms with Gasteiger partial charge in [-0.2, -0.15) is 0 Å². The average molecular weight is 264 g/mol. The standard InChI is InChI=1S/C9H6O2.C8H6O/c10-6-8-5-7-3-1-2-4-9(7)11-8;1-2-4-8-7(3-1)5-6-9-8/h1-6H;1-6H. The Morgan fingerprint density at radius 3 is 2.20 bits per heavy atom. The largest absolute Gasteiger partial charge is 0.464 e. The van der Waals surface area contributed by atoms with E-state index >= 15 is 0 Å². The van der Waals surface area contributed by atoms with E-state index in [-0.39, 0.29) is 0 Å². The Morgan fingerprint density at radius 1 is 0.800 bits per heavy atom. The van der Waals surface area contributed by atoms with Crippen LogP contribution in [-0.4, -0.2) is 6.29 Å². The third-order valence-corrected chi connectivity index (χ3v) is 2.92. The van der Waals surface area contributed by atoms with E-state index in [2.05, 4.69) is 0 Å². The van der Waals surface area contributed by atoms with Gasteiger partial charge in [0.05, 0.1) is 6.26 Å². The molecule has 3 heteroatoms. The Morgan fingerprint density at radius 2 is 1.50 bits per heavy atom. The van der Waals surface area contributed by atoms with E-state index in [1.165, 1.54) is 0 Å². The van der Waals surface area contributed by atoms with Crippen molar-refractivity contribution in [3.8, 4) is 0 Å². The molecule has 0 amide bonds. The summed E-state index contributed by atoms with van der Waals surface area (Å²) in [4.78, 5) is 10.3. The number of rotatable bonds is 1. The van der Waals surface area contributed by atoms with Crippen molar-refractivity contribution in [3.63, 3.8) is 0 Å². The maximum atomic E-state index is 10.3. The summed E-state index contributed by atoms with van der Waals surface area (Å²) in [6, 6.07) is 19.1. The first-order valence-electron chi connectivity index (χ1n) is 6.23. The van der Waals surface area contributed by atoms with Gasteiger partial charge in [-0.3, -0.25) is 4.79 Å². The molecular formula is C17H12O3. The number of carbonyl (C=O) groups excluding carboxylic acids is 1. The molecule has 0 atom stereocenters. The van der Waals surface area contributed by atoms with Crippen LogP contribution in [0.5, 0.6) is 0 Å². The third-order valence-electron chi connectivity index (χ3n) is 2.92. The van der Waals surface area contributed by atoms with Crippen molar-refractivity contribution < 1.29 is 13.6 Å². The minimum absolute atomic E-state index is 0.381. The van der Waals surface area contributed by atoms with Crippen LogP contribution in [0, 0.1) is 0 Å². The third kappa shape index (κ3) is 2.47. The summed E-state index contributed by atoms with van der Waals surface area (Å²) in [6.07, 6.45) is 2.41. The fourth-order valence-electron chi connectivity index (χ4n) is 1.97. The first-order valence-corrected chi connectivity index (χ1v) is 6.23. The van der Waals surface area contributed by atoms with E-state index < -0.39 is 0 Å². The molecule has 4 aromatic rings. The van der Waals surface area contributed by atoms with Gasteiger partial charge in [0.1, 0.15) is 11.2 Å². The highest BCUT2D eigenvalue weighted by Gasteiger charge is 1.99. The number of fused-ring (bicyclic) bond motifs is 2. The van der Waals surface area contributed by atoms with Crippen molar-refractivity contribution in [1.82, 2.24) is 0 Å². The Kier molecular flexibility index (Phi) is 3.33. The van der Waals surface area contributed by atoms with Gasteiger partial charge in [0, 0.05) is 10.8 Å². The first kappa shape index (κ1) is 12.2. The van der Waals surface area contributed by atoms with E-state index in [0.717, 1.165) is 21.9 Å². The van der Waals surface area contributed by atoms with Crippen molar-refractivity contribution in [2.24, 2.45) is 0 Å². The lowest BCUT2D eigenvalue weighted by Crippen LogP contribution is -1.65. The minimum Gasteiger partial charge on any atom is -0.464 e. The minimum atomic E-state index is 0.381. The highest BCUT2D eigenvalue weighted by atomic mass is 16.3. The molecule has 20 heavy (non-hydrogen) atoms. The Balaban J connectivity index is 0.000000123. The zero-order valence-electron chi connectivity index (χ0n) is 10.7. The van der Waals surface area contributed by atoms with E-state index in [1.807, 2.05) is 54.6 Å². The molecule has 0 saturated carbocycles. The molecule has 0 radical (unpaired) electrons.